The smallest absolute Gasteiger partial charge is 0.255 e. The minimum Gasteiger partial charge on any atom is -0.619 e. The molecule has 6 nitrogen and oxygen atoms in total. The second-order valence-corrected chi connectivity index (χ2v) is 5.10. The van der Waals surface area contributed by atoms with Crippen molar-refractivity contribution in [3.63, 3.8) is 0 Å². The van der Waals surface area contributed by atoms with Crippen molar-refractivity contribution in [2.24, 2.45) is 0 Å². The number of aromatic amines is 1. The zero-order valence-corrected chi connectivity index (χ0v) is 11.3. The number of pyridine rings is 1. The summed E-state index contributed by atoms with van der Waals surface area (Å²) in [6.45, 7) is 4.00. The van der Waals surface area contributed by atoms with Gasteiger partial charge < -0.3 is 10.2 Å². The van der Waals surface area contributed by atoms with Gasteiger partial charge in [-0.25, -0.2) is 4.98 Å². The highest BCUT2D eigenvalue weighted by Gasteiger charge is 2.20. The lowest BCUT2D eigenvalue weighted by atomic mass is 10.1. The molecule has 6 heteroatoms. The maximum atomic E-state index is 12.0. The van der Waals surface area contributed by atoms with E-state index < -0.39 is 0 Å². The van der Waals surface area contributed by atoms with E-state index in [4.69, 9.17) is 0 Å². The predicted molar refractivity (Wildman–Crippen MR) is 72.8 cm³/mol. The molecule has 0 aromatic carbocycles. The number of fused-ring (bicyclic) bond motifs is 1. The summed E-state index contributed by atoms with van der Waals surface area (Å²) < 4.78 is 0.770. The summed E-state index contributed by atoms with van der Waals surface area (Å²) in [4.78, 5) is 21.3. The molecule has 1 aliphatic heterocycles. The van der Waals surface area contributed by atoms with Crippen molar-refractivity contribution in [1.82, 2.24) is 14.9 Å². The van der Waals surface area contributed by atoms with Gasteiger partial charge in [0.05, 0.1) is 11.3 Å². The van der Waals surface area contributed by atoms with Crippen LogP contribution < -0.4 is 10.3 Å². The largest absolute Gasteiger partial charge is 0.619 e. The Balaban J connectivity index is 1.79. The van der Waals surface area contributed by atoms with Crippen LogP contribution in [0.2, 0.25) is 0 Å². The van der Waals surface area contributed by atoms with E-state index in [2.05, 4.69) is 14.9 Å². The average Bonchev–Trinajstić information content (AvgIpc) is 2.42. The van der Waals surface area contributed by atoms with E-state index in [0.29, 0.717) is 12.4 Å². The zero-order chi connectivity index (χ0) is 14.1. The Labute approximate surface area is 116 Å². The number of hydrogen-bond acceptors (Lipinski definition) is 4. The molecule has 0 amide bonds. The number of rotatable bonds is 2. The number of nitrogens with one attached hydrogen (secondary N) is 1. The third-order valence-corrected chi connectivity index (χ3v) is 3.54. The molecule has 0 spiro atoms. The molecule has 1 N–H and O–H groups in total. The van der Waals surface area contributed by atoms with Crippen LogP contribution in [-0.2, 0) is 19.5 Å². The summed E-state index contributed by atoms with van der Waals surface area (Å²) in [6, 6.07) is 3.61. The van der Waals surface area contributed by atoms with Crippen LogP contribution in [0.3, 0.4) is 0 Å². The normalized spacial score (nSPS) is 15.1. The van der Waals surface area contributed by atoms with Gasteiger partial charge in [0, 0.05) is 38.2 Å². The van der Waals surface area contributed by atoms with Gasteiger partial charge in [0.25, 0.3) is 5.56 Å². The molecule has 3 heterocycles. The van der Waals surface area contributed by atoms with Crippen molar-refractivity contribution in [1.29, 1.82) is 0 Å². The molecule has 2 aromatic rings. The number of aryl methyl sites for hydroxylation is 1. The van der Waals surface area contributed by atoms with Gasteiger partial charge in [-0.05, 0) is 12.5 Å². The molecule has 0 saturated heterocycles. The highest BCUT2D eigenvalue weighted by atomic mass is 16.5. The van der Waals surface area contributed by atoms with Crippen LogP contribution in [0, 0.1) is 12.1 Å². The molecule has 0 saturated carbocycles. The van der Waals surface area contributed by atoms with E-state index in [1.807, 2.05) is 0 Å². The van der Waals surface area contributed by atoms with Gasteiger partial charge in [-0.2, -0.15) is 4.73 Å². The molecular weight excluding hydrogens is 256 g/mol. The molecule has 2 aromatic heterocycles. The standard InChI is InChI=1S/C14H16N4O2/c1-10-15-13-4-5-17(9-12(13)14(19)16-10)8-11-2-6-18(20)7-3-11/h2-3,6-7H,4-5,8-9H2,1H3,(H,15,16,19). The van der Waals surface area contributed by atoms with Crippen molar-refractivity contribution in [2.45, 2.75) is 26.4 Å². The minimum absolute atomic E-state index is 0.0392. The number of nitrogens with zero attached hydrogens (tertiary/aromatic N) is 3. The highest BCUT2D eigenvalue weighted by Crippen LogP contribution is 2.15. The van der Waals surface area contributed by atoms with E-state index in [1.165, 1.54) is 12.4 Å². The number of aromatic nitrogens is 3. The van der Waals surface area contributed by atoms with Gasteiger partial charge in [0.15, 0.2) is 12.4 Å². The molecule has 0 bridgehead atoms. The van der Waals surface area contributed by atoms with Gasteiger partial charge in [0.1, 0.15) is 5.82 Å². The molecule has 20 heavy (non-hydrogen) atoms. The van der Waals surface area contributed by atoms with Gasteiger partial charge in [-0.1, -0.05) is 0 Å². The SMILES string of the molecule is Cc1nc2c(c(=O)[nH]1)CN(Cc1cc[n+]([O-])cc1)CC2. The van der Waals surface area contributed by atoms with Gasteiger partial charge in [-0.15, -0.1) is 0 Å². The topological polar surface area (TPSA) is 75.9 Å². The third kappa shape index (κ3) is 2.55. The highest BCUT2D eigenvalue weighted by molar-refractivity contribution is 5.21. The van der Waals surface area contributed by atoms with Crippen LogP contribution in [0.5, 0.6) is 0 Å². The Kier molecular flexibility index (Phi) is 3.23. The third-order valence-electron chi connectivity index (χ3n) is 3.54. The van der Waals surface area contributed by atoms with Gasteiger partial charge >= 0.3 is 0 Å². The van der Waals surface area contributed by atoms with Crippen LogP contribution in [0.25, 0.3) is 0 Å². The lowest BCUT2D eigenvalue weighted by Crippen LogP contribution is -2.35. The fourth-order valence-electron chi connectivity index (χ4n) is 2.55. The second-order valence-electron chi connectivity index (χ2n) is 5.10. The molecule has 0 fully saturated rings. The number of hydrogen-bond donors (Lipinski definition) is 1. The Morgan fingerprint density at radius 3 is 2.95 bits per heavy atom. The maximum absolute atomic E-state index is 12.0. The minimum atomic E-state index is -0.0392. The van der Waals surface area contributed by atoms with E-state index in [1.54, 1.807) is 19.1 Å². The summed E-state index contributed by atoms with van der Waals surface area (Å²) in [5.74, 6) is 0.672. The van der Waals surface area contributed by atoms with Gasteiger partial charge in [-0.3, -0.25) is 9.69 Å². The van der Waals surface area contributed by atoms with E-state index >= 15 is 0 Å². The fourth-order valence-corrected chi connectivity index (χ4v) is 2.55. The Bertz CT molecular complexity index is 679. The first kappa shape index (κ1) is 12.8. The molecular formula is C14H16N4O2. The van der Waals surface area contributed by atoms with Crippen LogP contribution in [-0.4, -0.2) is 21.4 Å². The summed E-state index contributed by atoms with van der Waals surface area (Å²) in [7, 11) is 0. The van der Waals surface area contributed by atoms with Crippen LogP contribution >= 0.6 is 0 Å². The molecule has 0 radical (unpaired) electrons. The summed E-state index contributed by atoms with van der Waals surface area (Å²) in [5.41, 5.74) is 2.70. The lowest BCUT2D eigenvalue weighted by Gasteiger charge is -2.27. The Hall–Kier alpha value is -2.21. The Morgan fingerprint density at radius 2 is 2.20 bits per heavy atom. The summed E-state index contributed by atoms with van der Waals surface area (Å²) >= 11 is 0. The first-order valence-corrected chi connectivity index (χ1v) is 6.60. The molecule has 1 aliphatic rings. The first-order valence-electron chi connectivity index (χ1n) is 6.60. The monoisotopic (exact) mass is 272 g/mol. The summed E-state index contributed by atoms with van der Waals surface area (Å²) in [6.07, 6.45) is 3.77. The predicted octanol–water partition coefficient (Wildman–Crippen LogP) is 0.270. The second kappa shape index (κ2) is 5.05. The maximum Gasteiger partial charge on any atom is 0.255 e. The van der Waals surface area contributed by atoms with Crippen molar-refractivity contribution in [3.05, 3.63) is 62.7 Å². The fraction of sp³-hybridized carbons (Fsp3) is 0.357. The van der Waals surface area contributed by atoms with Crippen molar-refractivity contribution >= 4 is 0 Å². The van der Waals surface area contributed by atoms with Crippen LogP contribution in [0.15, 0.2) is 29.3 Å². The van der Waals surface area contributed by atoms with Crippen molar-refractivity contribution < 1.29 is 4.73 Å². The van der Waals surface area contributed by atoms with Crippen molar-refractivity contribution in [3.8, 4) is 0 Å². The lowest BCUT2D eigenvalue weighted by molar-refractivity contribution is -0.605. The molecule has 0 unspecified atom stereocenters. The molecule has 3 rings (SSSR count). The van der Waals surface area contributed by atoms with Crippen molar-refractivity contribution in [2.75, 3.05) is 6.54 Å². The molecule has 0 atom stereocenters. The van der Waals surface area contributed by atoms with E-state index in [-0.39, 0.29) is 5.56 Å². The summed E-state index contributed by atoms with van der Waals surface area (Å²) in [5, 5.41) is 11.0. The van der Waals surface area contributed by atoms with E-state index in [9.17, 15) is 10.0 Å². The quantitative estimate of drug-likeness (QED) is 0.629. The molecule has 104 valence electrons. The first-order chi connectivity index (χ1) is 9.61. The average molecular weight is 272 g/mol. The van der Waals surface area contributed by atoms with Crippen LogP contribution in [0.1, 0.15) is 22.6 Å². The van der Waals surface area contributed by atoms with Gasteiger partial charge in [0.2, 0.25) is 0 Å². The Morgan fingerprint density at radius 1 is 1.45 bits per heavy atom. The zero-order valence-electron chi connectivity index (χ0n) is 11.3. The van der Waals surface area contributed by atoms with E-state index in [0.717, 1.165) is 41.1 Å². The van der Waals surface area contributed by atoms with Crippen LogP contribution in [0.4, 0.5) is 0 Å². The molecule has 0 aliphatic carbocycles. The number of H-pyrrole nitrogens is 1.